The van der Waals surface area contributed by atoms with Crippen molar-refractivity contribution in [3.63, 3.8) is 0 Å². The molecule has 1 aliphatic heterocycles. The predicted molar refractivity (Wildman–Crippen MR) is 109 cm³/mol. The Hall–Kier alpha value is -2.64. The Morgan fingerprint density at radius 3 is 2.75 bits per heavy atom. The fourth-order valence-corrected chi connectivity index (χ4v) is 4.14. The first-order chi connectivity index (χ1) is 13.4. The molecule has 28 heavy (non-hydrogen) atoms. The van der Waals surface area contributed by atoms with E-state index in [-0.39, 0.29) is 18.2 Å². The molecule has 0 unspecified atom stereocenters. The standard InChI is InChI=1S/C20H17ClN4O2S/c1-11-4-3-5-13(8-11)18-22-20(24-23-18)28-16-10-17(26)25(19(16)27)14-7-6-12(2)15(21)9-14/h3-9,16H,10H2,1-2H3,(H,22,23,24)/t16-/m1/s1. The molecule has 1 N–H and O–H groups in total. The Kier molecular flexibility index (Phi) is 4.95. The van der Waals surface area contributed by atoms with Crippen molar-refractivity contribution < 1.29 is 9.59 Å². The normalized spacial score (nSPS) is 16.8. The number of H-pyrrole nitrogens is 1. The highest BCUT2D eigenvalue weighted by atomic mass is 35.5. The van der Waals surface area contributed by atoms with Gasteiger partial charge in [0.1, 0.15) is 5.25 Å². The lowest BCUT2D eigenvalue weighted by Crippen LogP contribution is -2.31. The summed E-state index contributed by atoms with van der Waals surface area (Å²) < 4.78 is 0. The molecule has 2 amide bonds. The summed E-state index contributed by atoms with van der Waals surface area (Å²) in [6.07, 6.45) is 0.101. The van der Waals surface area contributed by atoms with Gasteiger partial charge in [0.05, 0.1) is 5.69 Å². The maximum absolute atomic E-state index is 12.8. The van der Waals surface area contributed by atoms with Crippen LogP contribution in [0.15, 0.2) is 47.6 Å². The Balaban J connectivity index is 1.52. The van der Waals surface area contributed by atoms with Gasteiger partial charge in [-0.05, 0) is 37.6 Å². The first-order valence-corrected chi connectivity index (χ1v) is 9.97. The molecule has 4 rings (SSSR count). The molecule has 1 aromatic heterocycles. The third-order valence-corrected chi connectivity index (χ3v) is 5.98. The summed E-state index contributed by atoms with van der Waals surface area (Å²) in [5.41, 5.74) is 3.42. The van der Waals surface area contributed by atoms with Crippen LogP contribution in [0.2, 0.25) is 5.02 Å². The molecule has 1 fully saturated rings. The Bertz CT molecular complexity index is 1080. The van der Waals surface area contributed by atoms with Crippen molar-refractivity contribution in [2.24, 2.45) is 0 Å². The van der Waals surface area contributed by atoms with Gasteiger partial charge in [-0.1, -0.05) is 53.2 Å². The SMILES string of the molecule is Cc1cccc(-c2nc(S[C@@H]3CC(=O)N(c4ccc(C)c(Cl)c4)C3=O)n[nH]2)c1. The highest BCUT2D eigenvalue weighted by molar-refractivity contribution is 8.00. The van der Waals surface area contributed by atoms with Gasteiger partial charge in [0.15, 0.2) is 5.82 Å². The molecular weight excluding hydrogens is 396 g/mol. The fraction of sp³-hybridized carbons (Fsp3) is 0.200. The van der Waals surface area contributed by atoms with Gasteiger partial charge in [-0.3, -0.25) is 14.7 Å². The number of aromatic nitrogens is 3. The molecule has 1 aliphatic rings. The number of nitrogens with zero attached hydrogens (tertiary/aromatic N) is 3. The molecule has 6 nitrogen and oxygen atoms in total. The summed E-state index contributed by atoms with van der Waals surface area (Å²) in [6, 6.07) is 13.1. The summed E-state index contributed by atoms with van der Waals surface area (Å²) in [5, 5.41) is 7.48. The summed E-state index contributed by atoms with van der Waals surface area (Å²) >= 11 is 7.34. The van der Waals surface area contributed by atoms with Crippen LogP contribution in [0.1, 0.15) is 17.5 Å². The smallest absolute Gasteiger partial charge is 0.247 e. The number of amides is 2. The third kappa shape index (κ3) is 3.55. The van der Waals surface area contributed by atoms with Gasteiger partial charge in [-0.2, -0.15) is 0 Å². The average molecular weight is 413 g/mol. The highest BCUT2D eigenvalue weighted by Gasteiger charge is 2.41. The van der Waals surface area contributed by atoms with Crippen LogP contribution in [0.25, 0.3) is 11.4 Å². The van der Waals surface area contributed by atoms with E-state index in [4.69, 9.17) is 11.6 Å². The number of hydrogen-bond acceptors (Lipinski definition) is 5. The maximum Gasteiger partial charge on any atom is 0.247 e. The Labute approximate surface area is 171 Å². The van der Waals surface area contributed by atoms with E-state index in [2.05, 4.69) is 15.2 Å². The van der Waals surface area contributed by atoms with Crippen LogP contribution in [0.5, 0.6) is 0 Å². The summed E-state index contributed by atoms with van der Waals surface area (Å²) in [6.45, 7) is 3.87. The number of imide groups is 1. The molecule has 1 saturated heterocycles. The van der Waals surface area contributed by atoms with E-state index in [9.17, 15) is 9.59 Å². The minimum absolute atomic E-state index is 0.101. The van der Waals surface area contributed by atoms with Crippen LogP contribution in [-0.4, -0.2) is 32.2 Å². The molecule has 1 atom stereocenters. The number of anilines is 1. The van der Waals surface area contributed by atoms with Gasteiger partial charge < -0.3 is 0 Å². The van der Waals surface area contributed by atoms with Crippen molar-refractivity contribution in [2.45, 2.75) is 30.7 Å². The second-order valence-corrected chi connectivity index (χ2v) is 8.22. The minimum Gasteiger partial charge on any atom is -0.274 e. The van der Waals surface area contributed by atoms with Crippen molar-refractivity contribution in [3.8, 4) is 11.4 Å². The molecule has 0 radical (unpaired) electrons. The van der Waals surface area contributed by atoms with Crippen molar-refractivity contribution in [1.82, 2.24) is 15.2 Å². The summed E-state index contributed by atoms with van der Waals surface area (Å²) in [4.78, 5) is 30.9. The molecule has 0 aliphatic carbocycles. The van der Waals surface area contributed by atoms with Crippen LogP contribution in [0.4, 0.5) is 5.69 Å². The Morgan fingerprint density at radius 1 is 1.18 bits per heavy atom. The summed E-state index contributed by atoms with van der Waals surface area (Å²) in [7, 11) is 0. The second kappa shape index (κ2) is 7.41. The number of thioether (sulfide) groups is 1. The largest absolute Gasteiger partial charge is 0.274 e. The number of halogens is 1. The summed E-state index contributed by atoms with van der Waals surface area (Å²) in [5.74, 6) is 0.0961. The average Bonchev–Trinajstić information content (AvgIpc) is 3.23. The number of carbonyl (C=O) groups is 2. The molecule has 0 bridgehead atoms. The van der Waals surface area contributed by atoms with E-state index in [1.54, 1.807) is 18.2 Å². The predicted octanol–water partition coefficient (Wildman–Crippen LogP) is 4.17. The number of carbonyl (C=O) groups excluding carboxylic acids is 2. The zero-order chi connectivity index (χ0) is 19.8. The van der Waals surface area contributed by atoms with E-state index in [1.807, 2.05) is 38.1 Å². The van der Waals surface area contributed by atoms with Crippen LogP contribution >= 0.6 is 23.4 Å². The molecule has 2 aromatic carbocycles. The molecule has 3 aromatic rings. The van der Waals surface area contributed by atoms with Gasteiger partial charge in [-0.25, -0.2) is 9.88 Å². The van der Waals surface area contributed by atoms with Gasteiger partial charge in [0.25, 0.3) is 0 Å². The number of nitrogens with one attached hydrogen (secondary N) is 1. The van der Waals surface area contributed by atoms with E-state index in [1.165, 1.54) is 16.7 Å². The quantitative estimate of drug-likeness (QED) is 0.650. The molecule has 142 valence electrons. The van der Waals surface area contributed by atoms with E-state index >= 15 is 0 Å². The second-order valence-electron chi connectivity index (χ2n) is 6.65. The molecule has 2 heterocycles. The minimum atomic E-state index is -0.561. The number of benzene rings is 2. The lowest BCUT2D eigenvalue weighted by atomic mass is 10.1. The van der Waals surface area contributed by atoms with Crippen molar-refractivity contribution in [3.05, 3.63) is 58.6 Å². The number of aryl methyl sites for hydroxylation is 2. The van der Waals surface area contributed by atoms with Gasteiger partial charge in [0, 0.05) is 17.0 Å². The molecular formula is C20H17ClN4O2S. The van der Waals surface area contributed by atoms with Crippen molar-refractivity contribution in [2.75, 3.05) is 4.90 Å². The van der Waals surface area contributed by atoms with Crippen LogP contribution in [-0.2, 0) is 9.59 Å². The zero-order valence-corrected chi connectivity index (χ0v) is 16.8. The van der Waals surface area contributed by atoms with Gasteiger partial charge in [-0.15, -0.1) is 5.10 Å². The van der Waals surface area contributed by atoms with E-state index in [0.29, 0.717) is 21.7 Å². The monoisotopic (exact) mass is 412 g/mol. The Morgan fingerprint density at radius 2 is 2.00 bits per heavy atom. The lowest BCUT2D eigenvalue weighted by molar-refractivity contribution is -0.121. The maximum atomic E-state index is 12.8. The zero-order valence-electron chi connectivity index (χ0n) is 15.3. The number of hydrogen-bond donors (Lipinski definition) is 1. The molecule has 0 saturated carbocycles. The first-order valence-electron chi connectivity index (χ1n) is 8.71. The van der Waals surface area contributed by atoms with E-state index < -0.39 is 5.25 Å². The fourth-order valence-electron chi connectivity index (χ4n) is 3.04. The van der Waals surface area contributed by atoms with Crippen LogP contribution in [0, 0.1) is 13.8 Å². The van der Waals surface area contributed by atoms with Gasteiger partial charge >= 0.3 is 0 Å². The lowest BCUT2D eigenvalue weighted by Gasteiger charge is -2.15. The van der Waals surface area contributed by atoms with Gasteiger partial charge in [0.2, 0.25) is 17.0 Å². The van der Waals surface area contributed by atoms with Crippen LogP contribution < -0.4 is 4.90 Å². The highest BCUT2D eigenvalue weighted by Crippen LogP contribution is 2.34. The van der Waals surface area contributed by atoms with E-state index in [0.717, 1.165) is 16.7 Å². The first kappa shape index (κ1) is 18.7. The third-order valence-electron chi connectivity index (χ3n) is 4.52. The molecule has 0 spiro atoms. The van der Waals surface area contributed by atoms with Crippen LogP contribution in [0.3, 0.4) is 0 Å². The number of rotatable bonds is 4. The van der Waals surface area contributed by atoms with Crippen molar-refractivity contribution in [1.29, 1.82) is 0 Å². The topological polar surface area (TPSA) is 79.0 Å². The number of aromatic amines is 1. The molecule has 8 heteroatoms. The van der Waals surface area contributed by atoms with Crippen molar-refractivity contribution >= 4 is 40.9 Å².